The van der Waals surface area contributed by atoms with Gasteiger partial charge in [-0.15, -0.1) is 0 Å². The monoisotopic (exact) mass is 545 g/mol. The lowest BCUT2D eigenvalue weighted by Gasteiger charge is -2.26. The highest BCUT2D eigenvalue weighted by atomic mass is 32.2. The van der Waals surface area contributed by atoms with Crippen LogP contribution >= 0.6 is 0 Å². The summed E-state index contributed by atoms with van der Waals surface area (Å²) in [5.74, 6) is -0.217. The van der Waals surface area contributed by atoms with Crippen LogP contribution in [0.25, 0.3) is 5.57 Å². The summed E-state index contributed by atoms with van der Waals surface area (Å²) in [7, 11) is -3.18. The third-order valence-corrected chi connectivity index (χ3v) is 8.04. The van der Waals surface area contributed by atoms with E-state index >= 15 is 0 Å². The van der Waals surface area contributed by atoms with Crippen molar-refractivity contribution in [3.63, 3.8) is 0 Å². The number of hydrogen-bond donors (Lipinski definition) is 1. The number of hydrogen-bond acceptors (Lipinski definition) is 5. The number of carboxylic acid groups (broad SMARTS) is 1. The van der Waals surface area contributed by atoms with E-state index in [4.69, 9.17) is 9.84 Å². The van der Waals surface area contributed by atoms with E-state index in [1.54, 1.807) is 12.1 Å². The van der Waals surface area contributed by atoms with E-state index < -0.39 is 15.8 Å². The Balaban J connectivity index is 1.27. The minimum Gasteiger partial charge on any atom is -0.489 e. The van der Waals surface area contributed by atoms with Gasteiger partial charge in [0.25, 0.3) is 0 Å². The molecule has 1 N–H and O–H groups in total. The molecule has 1 unspecified atom stereocenters. The van der Waals surface area contributed by atoms with Crippen molar-refractivity contribution >= 4 is 21.4 Å². The van der Waals surface area contributed by atoms with E-state index in [-0.39, 0.29) is 12.3 Å². The molecule has 0 saturated heterocycles. The molecule has 4 rings (SSSR count). The maximum absolute atomic E-state index is 11.7. The van der Waals surface area contributed by atoms with Gasteiger partial charge in [0.15, 0.2) is 9.84 Å². The second-order valence-electron chi connectivity index (χ2n) is 9.92. The lowest BCUT2D eigenvalue weighted by atomic mass is 9.95. The van der Waals surface area contributed by atoms with Gasteiger partial charge in [0, 0.05) is 31.8 Å². The summed E-state index contributed by atoms with van der Waals surface area (Å²) in [6.07, 6.45) is 8.24. The average Bonchev–Trinajstić information content (AvgIpc) is 2.93. The molecule has 0 fully saturated rings. The first-order chi connectivity index (χ1) is 18.7. The molecule has 39 heavy (non-hydrogen) atoms. The Morgan fingerprint density at radius 3 is 2.23 bits per heavy atom. The van der Waals surface area contributed by atoms with Crippen molar-refractivity contribution in [1.82, 2.24) is 4.90 Å². The SMILES string of the molecule is CC=CC(CC(=O)O)c1ccc(OCc2ccc(CN3CC=C(c4ccc(S(C)(=O)=O)cc4)CC3)cc2)cc1. The Labute approximate surface area is 231 Å². The fourth-order valence-electron chi connectivity index (χ4n) is 4.73. The predicted octanol–water partition coefficient (Wildman–Crippen LogP) is 6.09. The average molecular weight is 546 g/mol. The van der Waals surface area contributed by atoms with E-state index in [9.17, 15) is 13.2 Å². The van der Waals surface area contributed by atoms with Crippen LogP contribution in [-0.2, 0) is 27.8 Å². The van der Waals surface area contributed by atoms with E-state index in [0.29, 0.717) is 11.5 Å². The van der Waals surface area contributed by atoms with Crippen molar-refractivity contribution in [2.24, 2.45) is 0 Å². The van der Waals surface area contributed by atoms with Crippen LogP contribution in [0.4, 0.5) is 0 Å². The molecule has 1 heterocycles. The highest BCUT2D eigenvalue weighted by Crippen LogP contribution is 2.26. The molecule has 0 saturated carbocycles. The van der Waals surface area contributed by atoms with Crippen LogP contribution < -0.4 is 4.74 Å². The number of rotatable bonds is 11. The molecule has 0 bridgehead atoms. The third-order valence-electron chi connectivity index (χ3n) is 6.91. The molecule has 1 atom stereocenters. The highest BCUT2D eigenvalue weighted by Gasteiger charge is 2.15. The van der Waals surface area contributed by atoms with E-state index in [1.807, 2.05) is 55.5 Å². The van der Waals surface area contributed by atoms with Gasteiger partial charge in [-0.2, -0.15) is 0 Å². The van der Waals surface area contributed by atoms with E-state index in [2.05, 4.69) is 35.2 Å². The lowest BCUT2D eigenvalue weighted by Crippen LogP contribution is -2.28. The van der Waals surface area contributed by atoms with Gasteiger partial charge in [0.2, 0.25) is 0 Å². The molecule has 0 spiro atoms. The summed E-state index contributed by atoms with van der Waals surface area (Å²) in [5, 5.41) is 9.15. The Morgan fingerprint density at radius 1 is 1.00 bits per heavy atom. The van der Waals surface area contributed by atoms with E-state index in [0.717, 1.165) is 48.5 Å². The van der Waals surface area contributed by atoms with Crippen LogP contribution in [0.15, 0.2) is 95.9 Å². The van der Waals surface area contributed by atoms with Crippen molar-refractivity contribution in [1.29, 1.82) is 0 Å². The molecule has 204 valence electrons. The van der Waals surface area contributed by atoms with Gasteiger partial charge < -0.3 is 9.84 Å². The highest BCUT2D eigenvalue weighted by molar-refractivity contribution is 7.90. The molecule has 7 heteroatoms. The molecule has 1 aliphatic heterocycles. The zero-order valence-electron chi connectivity index (χ0n) is 22.4. The summed E-state index contributed by atoms with van der Waals surface area (Å²) in [5.41, 5.74) is 5.62. The zero-order chi connectivity index (χ0) is 27.8. The number of carbonyl (C=O) groups is 1. The molecule has 0 amide bonds. The smallest absolute Gasteiger partial charge is 0.304 e. The topological polar surface area (TPSA) is 83.9 Å². The Kier molecular flexibility index (Phi) is 9.38. The summed E-state index contributed by atoms with van der Waals surface area (Å²) >= 11 is 0. The van der Waals surface area contributed by atoms with Crippen molar-refractivity contribution in [2.45, 2.75) is 43.7 Å². The number of ether oxygens (including phenoxy) is 1. The standard InChI is InChI=1S/C32H35NO5S/c1-3-4-29(21-32(34)35)27-9-13-30(14-10-27)38-23-25-7-5-24(6-8-25)22-33-19-17-28(18-20-33)26-11-15-31(16-12-26)39(2,36)37/h3-17,29H,18-23H2,1-2H3,(H,34,35). The van der Waals surface area contributed by atoms with Crippen LogP contribution in [0.1, 0.15) is 47.9 Å². The Morgan fingerprint density at radius 2 is 1.67 bits per heavy atom. The quantitative estimate of drug-likeness (QED) is 0.294. The van der Waals surface area contributed by atoms with Crippen LogP contribution in [0.2, 0.25) is 0 Å². The normalized spacial score (nSPS) is 15.2. The number of carboxylic acids is 1. The van der Waals surface area contributed by atoms with Gasteiger partial charge in [-0.1, -0.05) is 66.8 Å². The number of benzene rings is 3. The maximum Gasteiger partial charge on any atom is 0.304 e. The number of sulfone groups is 1. The van der Waals surface area contributed by atoms with Crippen LogP contribution in [0.3, 0.4) is 0 Å². The van der Waals surface area contributed by atoms with Gasteiger partial charge in [-0.3, -0.25) is 9.69 Å². The molecule has 3 aromatic rings. The Hall–Kier alpha value is -3.68. The van der Waals surface area contributed by atoms with Crippen LogP contribution in [0, 0.1) is 0 Å². The maximum atomic E-state index is 11.7. The predicted molar refractivity (Wildman–Crippen MR) is 154 cm³/mol. The molecule has 1 aliphatic rings. The van der Waals surface area contributed by atoms with Crippen molar-refractivity contribution in [3.05, 3.63) is 113 Å². The summed E-state index contributed by atoms with van der Waals surface area (Å²) < 4.78 is 29.3. The first kappa shape index (κ1) is 28.3. The first-order valence-electron chi connectivity index (χ1n) is 13.1. The zero-order valence-corrected chi connectivity index (χ0v) is 23.2. The first-order valence-corrected chi connectivity index (χ1v) is 15.0. The fraction of sp³-hybridized carbons (Fsp3) is 0.281. The van der Waals surface area contributed by atoms with Gasteiger partial charge >= 0.3 is 5.97 Å². The lowest BCUT2D eigenvalue weighted by molar-refractivity contribution is -0.137. The van der Waals surface area contributed by atoms with Crippen LogP contribution in [0.5, 0.6) is 5.75 Å². The second-order valence-corrected chi connectivity index (χ2v) is 11.9. The van der Waals surface area contributed by atoms with Gasteiger partial charge in [-0.25, -0.2) is 8.42 Å². The Bertz CT molecular complexity index is 1420. The second kappa shape index (κ2) is 12.9. The van der Waals surface area contributed by atoms with Crippen molar-refractivity contribution < 1.29 is 23.1 Å². The molecule has 0 aromatic heterocycles. The number of aliphatic carboxylic acids is 1. The summed E-state index contributed by atoms with van der Waals surface area (Å²) in [4.78, 5) is 13.9. The van der Waals surface area contributed by atoms with Gasteiger partial charge in [0.05, 0.1) is 11.3 Å². The largest absolute Gasteiger partial charge is 0.489 e. The third kappa shape index (κ3) is 8.15. The van der Waals surface area contributed by atoms with Crippen molar-refractivity contribution in [3.8, 4) is 5.75 Å². The van der Waals surface area contributed by atoms with Gasteiger partial charge in [-0.05, 0) is 65.4 Å². The van der Waals surface area contributed by atoms with Crippen LogP contribution in [-0.4, -0.2) is 43.7 Å². The minimum atomic E-state index is -3.18. The number of nitrogens with zero attached hydrogens (tertiary/aromatic N) is 1. The van der Waals surface area contributed by atoms with Gasteiger partial charge in [0.1, 0.15) is 12.4 Å². The van der Waals surface area contributed by atoms with E-state index in [1.165, 1.54) is 17.4 Å². The molecule has 0 aliphatic carbocycles. The minimum absolute atomic E-state index is 0.0624. The fourth-order valence-corrected chi connectivity index (χ4v) is 5.36. The molecule has 3 aromatic carbocycles. The molecule has 6 nitrogen and oxygen atoms in total. The summed E-state index contributed by atoms with van der Waals surface area (Å²) in [6, 6.07) is 23.2. The summed E-state index contributed by atoms with van der Waals surface area (Å²) in [6.45, 7) is 5.01. The molecule has 0 radical (unpaired) electrons. The molecular formula is C32H35NO5S. The number of allylic oxidation sites excluding steroid dienone is 2. The molecular weight excluding hydrogens is 510 g/mol. The van der Waals surface area contributed by atoms with Crippen molar-refractivity contribution in [2.75, 3.05) is 19.3 Å².